The minimum Gasteiger partial charge on any atom is -0.462 e. The van der Waals surface area contributed by atoms with Crippen molar-refractivity contribution in [1.29, 1.82) is 0 Å². The fourth-order valence-electron chi connectivity index (χ4n) is 5.20. The molecule has 3 atom stereocenters. The van der Waals surface area contributed by atoms with E-state index < -0.39 is 38.6 Å². The second-order valence-electron chi connectivity index (χ2n) is 15.5. The summed E-state index contributed by atoms with van der Waals surface area (Å²) in [6.45, 7) is 4.06. The number of aliphatic hydroxyl groups is 1. The number of phosphoric ester groups is 1. The lowest BCUT2D eigenvalue weighted by Crippen LogP contribution is -2.37. The molecule has 0 aromatic heterocycles. The van der Waals surface area contributed by atoms with Crippen molar-refractivity contribution in [2.45, 2.75) is 148 Å². The zero-order valence-corrected chi connectivity index (χ0v) is 38.2. The summed E-state index contributed by atoms with van der Waals surface area (Å²) < 4.78 is 34.2. The SMILES string of the molecule is CC/C=C\C/C=C\CC(O)/C=C/C=C\C/C=C\CCCC(=O)O[C@H](COC(=O)CCCCCC/C=C\C/C=C\C/C=C\CCCCC)COP(=O)(O)OCC[N+](C)(C)C. The third kappa shape index (κ3) is 42.8. The van der Waals surface area contributed by atoms with Crippen LogP contribution in [-0.4, -0.2) is 86.1 Å². The number of quaternary nitrogens is 1. The number of carbonyl (C=O) groups excluding carboxylic acids is 2. The molecule has 2 N–H and O–H groups in total. The number of hydrogen-bond acceptors (Lipinski definition) is 8. The Kier molecular flexibility index (Phi) is 37.0. The van der Waals surface area contributed by atoms with E-state index in [0.29, 0.717) is 43.1 Å². The van der Waals surface area contributed by atoms with Crippen LogP contribution in [0.1, 0.15) is 136 Å². The maximum Gasteiger partial charge on any atom is 0.472 e. The molecule has 0 radical (unpaired) electrons. The molecular weight excluding hydrogens is 766 g/mol. The number of hydrogen-bond donors (Lipinski definition) is 2. The molecule has 0 rings (SSSR count). The van der Waals surface area contributed by atoms with Crippen LogP contribution in [-0.2, 0) is 32.7 Å². The number of carbonyl (C=O) groups is 2. The summed E-state index contributed by atoms with van der Waals surface area (Å²) in [6.07, 6.45) is 47.8. The number of allylic oxidation sites excluding steroid dienone is 14. The first kappa shape index (κ1) is 55.9. The smallest absolute Gasteiger partial charge is 0.462 e. The molecule has 0 aromatic carbocycles. The van der Waals surface area contributed by atoms with Gasteiger partial charge in [0.1, 0.15) is 19.8 Å². The largest absolute Gasteiger partial charge is 0.472 e. The second-order valence-corrected chi connectivity index (χ2v) is 17.0. The van der Waals surface area contributed by atoms with Gasteiger partial charge in [-0.05, 0) is 83.5 Å². The van der Waals surface area contributed by atoms with Crippen LogP contribution in [0.15, 0.2) is 97.2 Å². The van der Waals surface area contributed by atoms with Crippen LogP contribution in [0.25, 0.3) is 0 Å². The van der Waals surface area contributed by atoms with Crippen molar-refractivity contribution < 1.29 is 47.2 Å². The van der Waals surface area contributed by atoms with E-state index in [-0.39, 0.29) is 26.1 Å². The van der Waals surface area contributed by atoms with E-state index in [0.717, 1.165) is 51.4 Å². The molecule has 0 aliphatic carbocycles. The van der Waals surface area contributed by atoms with Gasteiger partial charge in [-0.3, -0.25) is 18.6 Å². The van der Waals surface area contributed by atoms with Gasteiger partial charge in [0, 0.05) is 12.8 Å². The number of esters is 2. The molecule has 10 nitrogen and oxygen atoms in total. The molecule has 0 amide bonds. The summed E-state index contributed by atoms with van der Waals surface area (Å²) in [6, 6.07) is 0. The summed E-state index contributed by atoms with van der Waals surface area (Å²) in [4.78, 5) is 35.4. The molecule has 0 aliphatic rings. The van der Waals surface area contributed by atoms with E-state index in [9.17, 15) is 24.2 Å². The zero-order chi connectivity index (χ0) is 43.7. The van der Waals surface area contributed by atoms with Gasteiger partial charge < -0.3 is 24.0 Å². The molecular formula is C48H81NO9P+. The number of ether oxygens (including phenoxy) is 2. The minimum absolute atomic E-state index is 0.000288. The van der Waals surface area contributed by atoms with Gasteiger partial charge in [0.15, 0.2) is 6.10 Å². The fourth-order valence-corrected chi connectivity index (χ4v) is 5.94. The van der Waals surface area contributed by atoms with Crippen molar-refractivity contribution in [3.63, 3.8) is 0 Å². The van der Waals surface area contributed by atoms with Crippen LogP contribution < -0.4 is 0 Å². The summed E-state index contributed by atoms with van der Waals surface area (Å²) in [5.41, 5.74) is 0. The maximum absolute atomic E-state index is 12.7. The molecule has 0 saturated heterocycles. The Morgan fingerprint density at radius 1 is 0.627 bits per heavy atom. The van der Waals surface area contributed by atoms with Gasteiger partial charge in [0.05, 0.1) is 33.9 Å². The molecule has 59 heavy (non-hydrogen) atoms. The molecule has 2 unspecified atom stereocenters. The molecule has 0 fully saturated rings. The van der Waals surface area contributed by atoms with Crippen LogP contribution >= 0.6 is 7.82 Å². The molecule has 0 saturated carbocycles. The van der Waals surface area contributed by atoms with Crippen molar-refractivity contribution in [2.24, 2.45) is 0 Å². The first-order valence-electron chi connectivity index (χ1n) is 22.1. The number of nitrogens with zero attached hydrogens (tertiary/aromatic N) is 1. The summed E-state index contributed by atoms with van der Waals surface area (Å²) >= 11 is 0. The number of phosphoric acid groups is 1. The summed E-state index contributed by atoms with van der Waals surface area (Å²) in [5.74, 6) is -0.943. The first-order valence-corrected chi connectivity index (χ1v) is 23.6. The molecule has 0 aromatic rings. The van der Waals surface area contributed by atoms with E-state index in [1.54, 1.807) is 6.08 Å². The lowest BCUT2D eigenvalue weighted by Gasteiger charge is -2.24. The van der Waals surface area contributed by atoms with Gasteiger partial charge in [-0.15, -0.1) is 0 Å². The predicted molar refractivity (Wildman–Crippen MR) is 244 cm³/mol. The van der Waals surface area contributed by atoms with Gasteiger partial charge >= 0.3 is 19.8 Å². The molecule has 0 bridgehead atoms. The van der Waals surface area contributed by atoms with E-state index in [1.807, 2.05) is 57.6 Å². The Hall–Kier alpha value is -3.11. The Bertz CT molecular complexity index is 1340. The van der Waals surface area contributed by atoms with Crippen LogP contribution in [0.5, 0.6) is 0 Å². The highest BCUT2D eigenvalue weighted by Crippen LogP contribution is 2.43. The Morgan fingerprint density at radius 3 is 1.83 bits per heavy atom. The molecule has 0 aliphatic heterocycles. The van der Waals surface area contributed by atoms with Crippen molar-refractivity contribution in [2.75, 3.05) is 47.5 Å². The van der Waals surface area contributed by atoms with Gasteiger partial charge in [-0.1, -0.05) is 137 Å². The Balaban J connectivity index is 4.59. The normalized spacial score (nSPS) is 15.0. The van der Waals surface area contributed by atoms with Gasteiger partial charge in [-0.25, -0.2) is 4.57 Å². The summed E-state index contributed by atoms with van der Waals surface area (Å²) in [5, 5.41) is 10.0. The molecule has 336 valence electrons. The molecule has 0 spiro atoms. The Morgan fingerprint density at radius 2 is 1.19 bits per heavy atom. The highest BCUT2D eigenvalue weighted by Gasteiger charge is 2.27. The average molecular weight is 847 g/mol. The quantitative estimate of drug-likeness (QED) is 0.0156. The van der Waals surface area contributed by atoms with Gasteiger partial charge in [0.2, 0.25) is 0 Å². The van der Waals surface area contributed by atoms with E-state index in [4.69, 9.17) is 18.5 Å². The highest BCUT2D eigenvalue weighted by molar-refractivity contribution is 7.47. The van der Waals surface area contributed by atoms with E-state index in [1.165, 1.54) is 25.7 Å². The average Bonchev–Trinajstić information content (AvgIpc) is 3.18. The fraction of sp³-hybridized carbons (Fsp3) is 0.625. The zero-order valence-electron chi connectivity index (χ0n) is 37.3. The number of aliphatic hydroxyl groups excluding tert-OH is 1. The first-order chi connectivity index (χ1) is 28.4. The third-order valence-corrected chi connectivity index (χ3v) is 9.66. The van der Waals surface area contributed by atoms with Crippen molar-refractivity contribution in [3.05, 3.63) is 97.2 Å². The standard InChI is InChI=1S/C48H80NO9P/c1-6-8-10-12-14-15-16-17-18-19-20-21-22-23-27-31-35-39-47(51)55-43-46(44-57-59(53,54)56-42-41-49(3,4)5)58-48(52)40-36-32-28-25-24-26-30-34-38-45(50)37-33-29-13-11-9-7-2/h9,11,14-15,17-18,20-21,25-26,28-30,33-34,38,45-46,50H,6-8,10,12-13,16,19,22-24,27,31-32,35-37,39-44H2,1-5H3/p+1/b11-9-,15-14-,18-17-,21-20-,28-25-,30-26-,33-29-,38-34+/t45?,46-/m1/s1. The van der Waals surface area contributed by atoms with Gasteiger partial charge in [-0.2, -0.15) is 0 Å². The molecule has 11 heteroatoms. The van der Waals surface area contributed by atoms with Crippen LogP contribution in [0.3, 0.4) is 0 Å². The predicted octanol–water partition coefficient (Wildman–Crippen LogP) is 11.5. The van der Waals surface area contributed by atoms with Crippen molar-refractivity contribution in [3.8, 4) is 0 Å². The molecule has 0 heterocycles. The summed E-state index contributed by atoms with van der Waals surface area (Å²) in [7, 11) is 1.37. The maximum atomic E-state index is 12.7. The number of unbranched alkanes of at least 4 members (excludes halogenated alkanes) is 8. The topological polar surface area (TPSA) is 129 Å². The third-order valence-electron chi connectivity index (χ3n) is 8.68. The van der Waals surface area contributed by atoms with Gasteiger partial charge in [0.25, 0.3) is 0 Å². The minimum atomic E-state index is -4.42. The van der Waals surface area contributed by atoms with Crippen LogP contribution in [0.4, 0.5) is 0 Å². The second kappa shape index (κ2) is 39.1. The van der Waals surface area contributed by atoms with E-state index >= 15 is 0 Å². The van der Waals surface area contributed by atoms with Crippen LogP contribution in [0, 0.1) is 0 Å². The number of likely N-dealkylation sites (N-methyl/N-ethyl adjacent to an activating group) is 1. The van der Waals surface area contributed by atoms with Crippen LogP contribution in [0.2, 0.25) is 0 Å². The Labute approximate surface area is 358 Å². The lowest BCUT2D eigenvalue weighted by molar-refractivity contribution is -0.870. The van der Waals surface area contributed by atoms with E-state index in [2.05, 4.69) is 68.5 Å². The number of rotatable bonds is 38. The highest BCUT2D eigenvalue weighted by atomic mass is 31.2. The lowest BCUT2D eigenvalue weighted by atomic mass is 10.1. The monoisotopic (exact) mass is 847 g/mol. The van der Waals surface area contributed by atoms with Crippen molar-refractivity contribution >= 4 is 19.8 Å². The van der Waals surface area contributed by atoms with Crippen molar-refractivity contribution in [1.82, 2.24) is 0 Å².